The lowest BCUT2D eigenvalue weighted by molar-refractivity contribution is -0.274. The van der Waals surface area contributed by atoms with Crippen molar-refractivity contribution >= 4 is 15.7 Å². The molecular weight excluding hydrogens is 411 g/mol. The molecule has 0 atom stereocenters. The lowest BCUT2D eigenvalue weighted by Gasteiger charge is -2.10. The molecule has 0 radical (unpaired) electrons. The van der Waals surface area contributed by atoms with Crippen LogP contribution in [0.4, 0.5) is 18.9 Å². The van der Waals surface area contributed by atoms with Gasteiger partial charge in [-0.05, 0) is 43.3 Å². The summed E-state index contributed by atoms with van der Waals surface area (Å²) in [6.45, 7) is 1.57. The van der Waals surface area contributed by atoms with Crippen LogP contribution in [0.5, 0.6) is 5.75 Å². The Morgan fingerprint density at radius 1 is 1.00 bits per heavy atom. The van der Waals surface area contributed by atoms with E-state index < -0.39 is 27.7 Å². The topological polar surface area (TPSA) is 82.3 Å². The zero-order chi connectivity index (χ0) is 21.4. The summed E-state index contributed by atoms with van der Waals surface area (Å²) in [4.78, 5) is 12.5. The first-order chi connectivity index (χ1) is 13.5. The number of hydrogen-bond acceptors (Lipinski definition) is 4. The van der Waals surface area contributed by atoms with E-state index in [-0.39, 0.29) is 10.6 Å². The molecule has 29 heavy (non-hydrogen) atoms. The fourth-order valence-corrected chi connectivity index (χ4v) is 3.82. The molecule has 0 aliphatic carbocycles. The van der Waals surface area contributed by atoms with Crippen LogP contribution in [0.3, 0.4) is 0 Å². The average molecular weight is 427 g/mol. The zero-order valence-electron chi connectivity index (χ0n) is 15.3. The van der Waals surface area contributed by atoms with E-state index in [0.717, 1.165) is 24.3 Å². The van der Waals surface area contributed by atoms with Gasteiger partial charge in [-0.2, -0.15) is 0 Å². The summed E-state index contributed by atoms with van der Waals surface area (Å²) >= 11 is 0. The van der Waals surface area contributed by atoms with E-state index in [4.69, 9.17) is 0 Å². The van der Waals surface area contributed by atoms with E-state index in [2.05, 4.69) is 9.46 Å². The molecule has 1 N–H and O–H groups in total. The minimum absolute atomic E-state index is 0.160. The molecule has 3 aromatic rings. The lowest BCUT2D eigenvalue weighted by Crippen LogP contribution is -2.23. The third-order valence-corrected chi connectivity index (χ3v) is 5.52. The van der Waals surface area contributed by atoms with Crippen molar-refractivity contribution in [3.8, 4) is 11.4 Å². The van der Waals surface area contributed by atoms with E-state index in [0.29, 0.717) is 11.4 Å². The number of halogens is 3. The summed E-state index contributed by atoms with van der Waals surface area (Å²) < 4.78 is 70.7. The fraction of sp³-hybridized carbons (Fsp3) is 0.167. The van der Waals surface area contributed by atoms with Crippen LogP contribution in [0.2, 0.25) is 0 Å². The third kappa shape index (κ3) is 4.29. The second-order valence-corrected chi connectivity index (χ2v) is 7.74. The summed E-state index contributed by atoms with van der Waals surface area (Å²) in [5.41, 5.74) is 0.158. The molecule has 0 unspecified atom stereocenters. The molecule has 0 aliphatic rings. The summed E-state index contributed by atoms with van der Waals surface area (Å²) in [5.74, 6) is -0.557. The van der Waals surface area contributed by atoms with Crippen LogP contribution >= 0.6 is 0 Å². The molecule has 0 amide bonds. The smallest absolute Gasteiger partial charge is 0.406 e. The molecule has 2 aromatic carbocycles. The molecule has 0 fully saturated rings. The largest absolute Gasteiger partial charge is 0.573 e. The van der Waals surface area contributed by atoms with Crippen molar-refractivity contribution < 1.29 is 26.3 Å². The van der Waals surface area contributed by atoms with Crippen LogP contribution in [0.25, 0.3) is 5.69 Å². The predicted molar refractivity (Wildman–Crippen MR) is 99.7 cm³/mol. The fourth-order valence-electron chi connectivity index (χ4n) is 2.70. The number of hydrogen-bond donors (Lipinski definition) is 1. The lowest BCUT2D eigenvalue weighted by atomic mass is 10.3. The number of alkyl halides is 3. The molecule has 0 bridgehead atoms. The monoisotopic (exact) mass is 427 g/mol. The van der Waals surface area contributed by atoms with Gasteiger partial charge in [-0.25, -0.2) is 13.1 Å². The van der Waals surface area contributed by atoms with Crippen LogP contribution in [0, 0.1) is 6.92 Å². The van der Waals surface area contributed by atoms with Crippen LogP contribution < -0.4 is 15.0 Å². The molecule has 1 aromatic heterocycles. The van der Waals surface area contributed by atoms with E-state index in [9.17, 15) is 26.4 Å². The number of aromatic nitrogens is 2. The molecule has 0 spiro atoms. The number of anilines is 1. The number of nitrogens with zero attached hydrogens (tertiary/aromatic N) is 2. The molecule has 1 heterocycles. The van der Waals surface area contributed by atoms with Crippen molar-refractivity contribution in [1.82, 2.24) is 9.36 Å². The highest BCUT2D eigenvalue weighted by Gasteiger charge is 2.31. The van der Waals surface area contributed by atoms with Crippen LogP contribution in [-0.4, -0.2) is 24.1 Å². The van der Waals surface area contributed by atoms with Gasteiger partial charge >= 0.3 is 6.36 Å². The van der Waals surface area contributed by atoms with Gasteiger partial charge in [0.2, 0.25) is 0 Å². The molecule has 7 nitrogen and oxygen atoms in total. The molecule has 0 saturated carbocycles. The summed E-state index contributed by atoms with van der Waals surface area (Å²) in [7, 11) is -2.62. The number of rotatable bonds is 5. The first-order valence-corrected chi connectivity index (χ1v) is 9.70. The first kappa shape index (κ1) is 20.5. The molecule has 0 aliphatic heterocycles. The summed E-state index contributed by atoms with van der Waals surface area (Å²) in [6.07, 6.45) is -4.89. The quantitative estimate of drug-likeness (QED) is 0.678. The third-order valence-electron chi connectivity index (χ3n) is 4.16. The number of para-hydroxylation sites is 1. The van der Waals surface area contributed by atoms with Crippen LogP contribution in [-0.2, 0) is 17.1 Å². The molecule has 0 saturated heterocycles. The van der Waals surface area contributed by atoms with Crippen molar-refractivity contribution in [2.45, 2.75) is 18.2 Å². The minimum Gasteiger partial charge on any atom is -0.406 e. The number of sulfonamides is 1. The summed E-state index contributed by atoms with van der Waals surface area (Å²) in [5, 5.41) is 0. The van der Waals surface area contributed by atoms with Crippen molar-refractivity contribution in [1.29, 1.82) is 0 Å². The molecular formula is C18H16F3N3O4S. The molecule has 154 valence electrons. The van der Waals surface area contributed by atoms with E-state index >= 15 is 0 Å². The Labute approximate surface area is 164 Å². The van der Waals surface area contributed by atoms with Gasteiger partial charge < -0.3 is 4.74 Å². The number of nitrogens with one attached hydrogen (secondary N) is 1. The minimum atomic E-state index is -4.89. The van der Waals surface area contributed by atoms with Gasteiger partial charge in [0.15, 0.2) is 0 Å². The Morgan fingerprint density at radius 2 is 1.59 bits per heavy atom. The predicted octanol–water partition coefficient (Wildman–Crippen LogP) is 3.18. The maximum Gasteiger partial charge on any atom is 0.573 e. The highest BCUT2D eigenvalue weighted by atomic mass is 32.2. The Balaban J connectivity index is 1.95. The highest BCUT2D eigenvalue weighted by Crippen LogP contribution is 2.25. The van der Waals surface area contributed by atoms with Gasteiger partial charge in [0.05, 0.1) is 16.3 Å². The van der Waals surface area contributed by atoms with Crippen molar-refractivity contribution in [2.75, 3.05) is 4.72 Å². The first-order valence-electron chi connectivity index (χ1n) is 8.22. The van der Waals surface area contributed by atoms with E-state index in [1.54, 1.807) is 44.3 Å². The second kappa shape index (κ2) is 7.32. The van der Waals surface area contributed by atoms with Gasteiger partial charge in [0.1, 0.15) is 11.4 Å². The Hall–Kier alpha value is -3.21. The Morgan fingerprint density at radius 3 is 2.14 bits per heavy atom. The van der Waals surface area contributed by atoms with Crippen molar-refractivity contribution in [3.05, 3.63) is 70.6 Å². The Kier molecular flexibility index (Phi) is 5.18. The van der Waals surface area contributed by atoms with Gasteiger partial charge in [-0.3, -0.25) is 14.2 Å². The van der Waals surface area contributed by atoms with Gasteiger partial charge in [-0.1, -0.05) is 18.2 Å². The van der Waals surface area contributed by atoms with Crippen molar-refractivity contribution in [3.63, 3.8) is 0 Å². The average Bonchev–Trinajstić information content (AvgIpc) is 2.85. The normalized spacial score (nSPS) is 12.0. The highest BCUT2D eigenvalue weighted by molar-refractivity contribution is 7.92. The molecule has 11 heteroatoms. The van der Waals surface area contributed by atoms with Gasteiger partial charge in [-0.15, -0.1) is 13.2 Å². The van der Waals surface area contributed by atoms with Gasteiger partial charge in [0, 0.05) is 7.05 Å². The summed E-state index contributed by atoms with van der Waals surface area (Å²) in [6, 6.07) is 12.3. The number of benzene rings is 2. The number of ether oxygens (including phenoxy) is 1. The zero-order valence-corrected chi connectivity index (χ0v) is 16.1. The SMILES string of the molecule is Cc1c(NS(=O)(=O)c2ccc(OC(F)(F)F)cc2)c(=O)n(-c2ccccc2)n1C. The van der Waals surface area contributed by atoms with Gasteiger partial charge in [0.25, 0.3) is 15.6 Å². The maximum atomic E-state index is 12.8. The van der Waals surface area contributed by atoms with E-state index in [1.807, 2.05) is 0 Å². The maximum absolute atomic E-state index is 12.8. The Bertz CT molecular complexity index is 1180. The van der Waals surface area contributed by atoms with Crippen molar-refractivity contribution in [2.24, 2.45) is 7.05 Å². The van der Waals surface area contributed by atoms with Crippen LogP contribution in [0.15, 0.2) is 64.3 Å². The van der Waals surface area contributed by atoms with E-state index in [1.165, 1.54) is 9.36 Å². The van der Waals surface area contributed by atoms with Crippen LogP contribution in [0.1, 0.15) is 5.69 Å². The standard InChI is InChI=1S/C18H16F3N3O4S/c1-12-16(17(25)24(23(12)2)13-6-4-3-5-7-13)22-29(26,27)15-10-8-14(9-11-15)28-18(19,20)21/h3-11,22H,1-2H3. The second-order valence-electron chi connectivity index (χ2n) is 6.06. The molecule has 3 rings (SSSR count).